The third-order valence-corrected chi connectivity index (χ3v) is 4.53. The van der Waals surface area contributed by atoms with Crippen LogP contribution in [0.3, 0.4) is 0 Å². The van der Waals surface area contributed by atoms with E-state index < -0.39 is 0 Å². The molecule has 0 atom stereocenters. The average molecular weight is 335 g/mol. The number of carbonyl (C=O) groups is 1. The molecule has 1 aromatic heterocycles. The summed E-state index contributed by atoms with van der Waals surface area (Å²) in [6.07, 6.45) is 2.38. The van der Waals surface area contributed by atoms with Crippen LogP contribution < -0.4 is 4.90 Å². The smallest absolute Gasteiger partial charge is 0.244 e. The summed E-state index contributed by atoms with van der Waals surface area (Å²) in [5.74, 6) is 0.0435. The van der Waals surface area contributed by atoms with Crippen LogP contribution in [0.5, 0.6) is 0 Å². The number of halogens is 1. The van der Waals surface area contributed by atoms with Gasteiger partial charge in [0.2, 0.25) is 5.91 Å². The van der Waals surface area contributed by atoms with Crippen molar-refractivity contribution in [3.05, 3.63) is 35.1 Å². The molecule has 0 radical (unpaired) electrons. The Bertz CT molecular complexity index is 675. The van der Waals surface area contributed by atoms with E-state index in [4.69, 9.17) is 11.6 Å². The molecular weight excluding hydrogens is 316 g/mol. The summed E-state index contributed by atoms with van der Waals surface area (Å²) in [5, 5.41) is 11.6. The standard InChI is InChI=1S/C15H19ClN6O/c1-12-13(16)4-2-5-14(12)20-6-3-7-21(9-8-20)15(23)10-22-11-17-18-19-22/h2,4-5,11H,3,6-10H2,1H3. The molecular formula is C15H19ClN6O. The first-order valence-electron chi connectivity index (χ1n) is 7.64. The van der Waals surface area contributed by atoms with Crippen LogP contribution in [0.25, 0.3) is 0 Å². The number of aromatic nitrogens is 4. The number of benzene rings is 1. The molecule has 7 nitrogen and oxygen atoms in total. The molecule has 2 aromatic rings. The molecule has 1 amide bonds. The van der Waals surface area contributed by atoms with Gasteiger partial charge >= 0.3 is 0 Å². The van der Waals surface area contributed by atoms with Gasteiger partial charge in [0.25, 0.3) is 0 Å². The van der Waals surface area contributed by atoms with Crippen molar-refractivity contribution < 1.29 is 4.79 Å². The highest BCUT2D eigenvalue weighted by atomic mass is 35.5. The number of amides is 1. The Balaban J connectivity index is 1.65. The number of carbonyl (C=O) groups excluding carboxylic acids is 1. The fraction of sp³-hybridized carbons (Fsp3) is 0.467. The second-order valence-electron chi connectivity index (χ2n) is 5.61. The highest BCUT2D eigenvalue weighted by molar-refractivity contribution is 6.31. The molecule has 1 aliphatic rings. The monoisotopic (exact) mass is 334 g/mol. The minimum absolute atomic E-state index is 0.0435. The summed E-state index contributed by atoms with van der Waals surface area (Å²) in [7, 11) is 0. The van der Waals surface area contributed by atoms with Crippen molar-refractivity contribution in [3.63, 3.8) is 0 Å². The maximum absolute atomic E-state index is 12.4. The summed E-state index contributed by atoms with van der Waals surface area (Å²) in [5.41, 5.74) is 2.23. The summed E-state index contributed by atoms with van der Waals surface area (Å²) < 4.78 is 1.45. The molecule has 0 bridgehead atoms. The van der Waals surface area contributed by atoms with Crippen molar-refractivity contribution in [2.75, 3.05) is 31.1 Å². The predicted molar refractivity (Wildman–Crippen MR) is 87.4 cm³/mol. The zero-order chi connectivity index (χ0) is 16.2. The average Bonchev–Trinajstić information content (AvgIpc) is 2.92. The number of anilines is 1. The van der Waals surface area contributed by atoms with Crippen molar-refractivity contribution in [2.24, 2.45) is 0 Å². The second kappa shape index (κ2) is 6.95. The van der Waals surface area contributed by atoms with Gasteiger partial charge in [-0.25, -0.2) is 4.68 Å². The SMILES string of the molecule is Cc1c(Cl)cccc1N1CCCN(C(=O)Cn2cnnn2)CC1. The molecule has 3 rings (SSSR count). The van der Waals surface area contributed by atoms with Crippen molar-refractivity contribution in [3.8, 4) is 0 Å². The van der Waals surface area contributed by atoms with Crippen LogP contribution in [0.1, 0.15) is 12.0 Å². The Hall–Kier alpha value is -2.15. The van der Waals surface area contributed by atoms with Gasteiger partial charge in [0.1, 0.15) is 12.9 Å². The van der Waals surface area contributed by atoms with E-state index in [0.29, 0.717) is 6.54 Å². The highest BCUT2D eigenvalue weighted by Crippen LogP contribution is 2.27. The Morgan fingerprint density at radius 3 is 2.91 bits per heavy atom. The van der Waals surface area contributed by atoms with Crippen molar-refractivity contribution >= 4 is 23.2 Å². The largest absolute Gasteiger partial charge is 0.369 e. The van der Waals surface area contributed by atoms with Gasteiger partial charge in [-0.3, -0.25) is 4.79 Å². The first-order chi connectivity index (χ1) is 11.1. The fourth-order valence-corrected chi connectivity index (χ4v) is 3.01. The first kappa shape index (κ1) is 15.7. The maximum Gasteiger partial charge on any atom is 0.244 e. The van der Waals surface area contributed by atoms with E-state index in [0.717, 1.165) is 42.3 Å². The zero-order valence-corrected chi connectivity index (χ0v) is 13.8. The third kappa shape index (κ3) is 3.61. The molecule has 0 N–H and O–H groups in total. The minimum Gasteiger partial charge on any atom is -0.369 e. The molecule has 0 aliphatic carbocycles. The number of tetrazole rings is 1. The Morgan fingerprint density at radius 2 is 2.13 bits per heavy atom. The van der Waals surface area contributed by atoms with Crippen LogP contribution >= 0.6 is 11.6 Å². The van der Waals surface area contributed by atoms with E-state index in [1.54, 1.807) is 0 Å². The molecule has 1 aliphatic heterocycles. The zero-order valence-electron chi connectivity index (χ0n) is 13.0. The van der Waals surface area contributed by atoms with Gasteiger partial charge in [-0.1, -0.05) is 17.7 Å². The topological polar surface area (TPSA) is 67.2 Å². The normalized spacial score (nSPS) is 15.6. The van der Waals surface area contributed by atoms with Crippen molar-refractivity contribution in [2.45, 2.75) is 19.9 Å². The molecule has 122 valence electrons. The second-order valence-corrected chi connectivity index (χ2v) is 6.02. The van der Waals surface area contributed by atoms with Gasteiger partial charge in [0.05, 0.1) is 0 Å². The quantitative estimate of drug-likeness (QED) is 0.848. The Morgan fingerprint density at radius 1 is 1.26 bits per heavy atom. The number of hydrogen-bond donors (Lipinski definition) is 0. The molecule has 1 saturated heterocycles. The van der Waals surface area contributed by atoms with Crippen LogP contribution in [0.2, 0.25) is 5.02 Å². The van der Waals surface area contributed by atoms with Gasteiger partial charge in [-0.2, -0.15) is 0 Å². The third-order valence-electron chi connectivity index (χ3n) is 4.12. The van der Waals surface area contributed by atoms with E-state index in [1.165, 1.54) is 11.0 Å². The van der Waals surface area contributed by atoms with Crippen LogP contribution in [0, 0.1) is 6.92 Å². The summed E-state index contributed by atoms with van der Waals surface area (Å²) in [6, 6.07) is 5.95. The first-order valence-corrected chi connectivity index (χ1v) is 8.01. The minimum atomic E-state index is 0.0435. The molecule has 0 unspecified atom stereocenters. The van der Waals surface area contributed by atoms with Crippen LogP contribution in [-0.2, 0) is 11.3 Å². The van der Waals surface area contributed by atoms with Crippen LogP contribution in [0.4, 0.5) is 5.69 Å². The lowest BCUT2D eigenvalue weighted by molar-refractivity contribution is -0.131. The summed E-state index contributed by atoms with van der Waals surface area (Å²) in [4.78, 5) is 16.5. The maximum atomic E-state index is 12.4. The predicted octanol–water partition coefficient (Wildman–Crippen LogP) is 1.37. The Kier molecular flexibility index (Phi) is 4.76. The van der Waals surface area contributed by atoms with Gasteiger partial charge in [0.15, 0.2) is 0 Å². The van der Waals surface area contributed by atoms with Crippen molar-refractivity contribution in [1.29, 1.82) is 0 Å². The fourth-order valence-electron chi connectivity index (χ4n) is 2.84. The van der Waals surface area contributed by atoms with Gasteiger partial charge in [-0.15, -0.1) is 5.10 Å². The molecule has 1 fully saturated rings. The van der Waals surface area contributed by atoms with E-state index in [-0.39, 0.29) is 12.5 Å². The number of hydrogen-bond acceptors (Lipinski definition) is 5. The van der Waals surface area contributed by atoms with Crippen molar-refractivity contribution in [1.82, 2.24) is 25.1 Å². The van der Waals surface area contributed by atoms with Gasteiger partial charge in [0, 0.05) is 36.9 Å². The summed E-state index contributed by atoms with van der Waals surface area (Å²) >= 11 is 6.22. The summed E-state index contributed by atoms with van der Waals surface area (Å²) in [6.45, 7) is 5.36. The van der Waals surface area contributed by atoms with Crippen LogP contribution in [-0.4, -0.2) is 57.2 Å². The molecule has 0 saturated carbocycles. The van der Waals surface area contributed by atoms with E-state index >= 15 is 0 Å². The van der Waals surface area contributed by atoms with E-state index in [1.807, 2.05) is 24.0 Å². The van der Waals surface area contributed by atoms with E-state index in [2.05, 4.69) is 26.5 Å². The number of rotatable bonds is 3. The molecule has 23 heavy (non-hydrogen) atoms. The lowest BCUT2D eigenvalue weighted by Gasteiger charge is -2.25. The highest BCUT2D eigenvalue weighted by Gasteiger charge is 2.21. The number of nitrogens with zero attached hydrogens (tertiary/aromatic N) is 6. The molecule has 0 spiro atoms. The molecule has 1 aromatic carbocycles. The van der Waals surface area contributed by atoms with E-state index in [9.17, 15) is 4.79 Å². The molecule has 8 heteroatoms. The van der Waals surface area contributed by atoms with Crippen LogP contribution in [0.15, 0.2) is 24.5 Å². The Labute approximate surface area is 139 Å². The van der Waals surface area contributed by atoms with Gasteiger partial charge < -0.3 is 9.80 Å². The lowest BCUT2D eigenvalue weighted by Crippen LogP contribution is -2.37. The van der Waals surface area contributed by atoms with Gasteiger partial charge in [-0.05, 0) is 41.5 Å². The molecule has 2 heterocycles. The lowest BCUT2D eigenvalue weighted by atomic mass is 10.1.